The van der Waals surface area contributed by atoms with Gasteiger partial charge < -0.3 is 15.7 Å². The van der Waals surface area contributed by atoms with Crippen molar-refractivity contribution >= 4 is 17.6 Å². The Morgan fingerprint density at radius 2 is 2.24 bits per heavy atom. The summed E-state index contributed by atoms with van der Waals surface area (Å²) in [4.78, 5) is 23.8. The number of nitrogens with one attached hydrogen (secondary N) is 2. The molecule has 2 aliphatic rings. The zero-order chi connectivity index (χ0) is 15.0. The van der Waals surface area contributed by atoms with Crippen LogP contribution < -0.4 is 10.6 Å². The maximum absolute atomic E-state index is 12.4. The summed E-state index contributed by atoms with van der Waals surface area (Å²) in [6.45, 7) is 2.63. The molecule has 5 nitrogen and oxygen atoms in total. The predicted octanol–water partition coefficient (Wildman–Crippen LogP) is 2.03. The van der Waals surface area contributed by atoms with Gasteiger partial charge in [-0.05, 0) is 49.9 Å². The Morgan fingerprint density at radius 3 is 3.00 bits per heavy atom. The maximum Gasteiger partial charge on any atom is 0.311 e. The van der Waals surface area contributed by atoms with Crippen molar-refractivity contribution in [2.45, 2.75) is 38.6 Å². The zero-order valence-corrected chi connectivity index (χ0v) is 12.1. The van der Waals surface area contributed by atoms with E-state index in [9.17, 15) is 14.7 Å². The summed E-state index contributed by atoms with van der Waals surface area (Å²) in [5.74, 6) is -1.01. The van der Waals surface area contributed by atoms with E-state index in [2.05, 4.69) is 10.6 Å². The van der Waals surface area contributed by atoms with Crippen LogP contribution >= 0.6 is 0 Å². The van der Waals surface area contributed by atoms with Crippen molar-refractivity contribution in [3.05, 3.63) is 29.3 Å². The van der Waals surface area contributed by atoms with Crippen LogP contribution in [-0.2, 0) is 11.2 Å². The van der Waals surface area contributed by atoms with E-state index in [-0.39, 0.29) is 11.9 Å². The van der Waals surface area contributed by atoms with Gasteiger partial charge in [-0.1, -0.05) is 6.42 Å². The monoisotopic (exact) mass is 288 g/mol. The van der Waals surface area contributed by atoms with E-state index in [1.807, 2.05) is 12.1 Å². The van der Waals surface area contributed by atoms with Gasteiger partial charge in [-0.25, -0.2) is 0 Å². The molecule has 5 heteroatoms. The summed E-state index contributed by atoms with van der Waals surface area (Å²) in [5, 5.41) is 15.6. The molecular formula is C16H20N2O3. The normalized spacial score (nSPS) is 27.0. The lowest BCUT2D eigenvalue weighted by Crippen LogP contribution is -2.47. The molecule has 1 heterocycles. The SMILES string of the molecule is CC1(C(=O)O)CCCC1NC(=O)c1ccc2c(c1)CCN2. The van der Waals surface area contributed by atoms with Crippen LogP contribution in [0.3, 0.4) is 0 Å². The first kappa shape index (κ1) is 13.9. The highest BCUT2D eigenvalue weighted by Gasteiger charge is 2.45. The van der Waals surface area contributed by atoms with Crippen molar-refractivity contribution in [1.29, 1.82) is 0 Å². The molecule has 1 saturated carbocycles. The van der Waals surface area contributed by atoms with Gasteiger partial charge in [-0.2, -0.15) is 0 Å². The second-order valence-corrected chi connectivity index (χ2v) is 6.19. The molecule has 0 saturated heterocycles. The van der Waals surface area contributed by atoms with Crippen LogP contribution in [0.5, 0.6) is 0 Å². The van der Waals surface area contributed by atoms with Crippen LogP contribution in [-0.4, -0.2) is 29.6 Å². The van der Waals surface area contributed by atoms with Crippen molar-refractivity contribution in [2.24, 2.45) is 5.41 Å². The summed E-state index contributed by atoms with van der Waals surface area (Å²) >= 11 is 0. The highest BCUT2D eigenvalue weighted by molar-refractivity contribution is 5.95. The first-order valence-electron chi connectivity index (χ1n) is 7.42. The number of aliphatic carboxylic acids is 1. The maximum atomic E-state index is 12.4. The van der Waals surface area contributed by atoms with Gasteiger partial charge in [0.1, 0.15) is 0 Å². The molecule has 2 unspecified atom stereocenters. The lowest BCUT2D eigenvalue weighted by molar-refractivity contribution is -0.148. The molecular weight excluding hydrogens is 268 g/mol. The third-order valence-electron chi connectivity index (χ3n) is 4.83. The fourth-order valence-corrected chi connectivity index (χ4v) is 3.34. The summed E-state index contributed by atoms with van der Waals surface area (Å²) in [6.07, 6.45) is 3.09. The van der Waals surface area contributed by atoms with Gasteiger partial charge in [0.05, 0.1) is 5.41 Å². The molecule has 1 amide bonds. The van der Waals surface area contributed by atoms with Crippen LogP contribution in [0.2, 0.25) is 0 Å². The fraction of sp³-hybridized carbons (Fsp3) is 0.500. The van der Waals surface area contributed by atoms with Gasteiger partial charge in [0.15, 0.2) is 0 Å². The van der Waals surface area contributed by atoms with Crippen molar-refractivity contribution in [2.75, 3.05) is 11.9 Å². The highest BCUT2D eigenvalue weighted by Crippen LogP contribution is 2.38. The lowest BCUT2D eigenvalue weighted by atomic mass is 9.85. The number of carbonyl (C=O) groups excluding carboxylic acids is 1. The van der Waals surface area contributed by atoms with E-state index in [1.165, 1.54) is 0 Å². The van der Waals surface area contributed by atoms with Gasteiger partial charge in [-0.3, -0.25) is 9.59 Å². The summed E-state index contributed by atoms with van der Waals surface area (Å²) in [5.41, 5.74) is 1.99. The highest BCUT2D eigenvalue weighted by atomic mass is 16.4. The molecule has 1 aliphatic carbocycles. The largest absolute Gasteiger partial charge is 0.481 e. The third-order valence-corrected chi connectivity index (χ3v) is 4.83. The van der Waals surface area contributed by atoms with Crippen molar-refractivity contribution < 1.29 is 14.7 Å². The Bertz CT molecular complexity index is 599. The number of benzene rings is 1. The average Bonchev–Trinajstić information content (AvgIpc) is 3.06. The predicted molar refractivity (Wildman–Crippen MR) is 79.5 cm³/mol. The minimum atomic E-state index is -0.853. The standard InChI is InChI=1S/C16H20N2O3/c1-16(15(20)21)7-2-3-13(16)18-14(19)11-4-5-12-10(9-11)6-8-17-12/h4-5,9,13,17H,2-3,6-8H2,1H3,(H,18,19)(H,20,21). The molecule has 1 aromatic carbocycles. The second-order valence-electron chi connectivity index (χ2n) is 6.19. The zero-order valence-electron chi connectivity index (χ0n) is 12.1. The Labute approximate surface area is 123 Å². The van der Waals surface area contributed by atoms with E-state index in [4.69, 9.17) is 0 Å². The molecule has 0 bridgehead atoms. The average molecular weight is 288 g/mol. The van der Waals surface area contributed by atoms with E-state index in [0.29, 0.717) is 12.0 Å². The topological polar surface area (TPSA) is 78.4 Å². The van der Waals surface area contributed by atoms with E-state index >= 15 is 0 Å². The third kappa shape index (κ3) is 2.37. The quantitative estimate of drug-likeness (QED) is 0.795. The Kier molecular flexibility index (Phi) is 3.35. The Hall–Kier alpha value is -2.04. The molecule has 0 spiro atoms. The smallest absolute Gasteiger partial charge is 0.311 e. The molecule has 1 aliphatic heterocycles. The molecule has 0 radical (unpaired) electrons. The van der Waals surface area contributed by atoms with Crippen LogP contribution in [0.15, 0.2) is 18.2 Å². The van der Waals surface area contributed by atoms with Gasteiger partial charge >= 0.3 is 5.97 Å². The van der Waals surface area contributed by atoms with Crippen LogP contribution in [0.4, 0.5) is 5.69 Å². The molecule has 2 atom stereocenters. The number of amides is 1. The van der Waals surface area contributed by atoms with Gasteiger partial charge in [0.25, 0.3) is 5.91 Å². The van der Waals surface area contributed by atoms with Crippen molar-refractivity contribution in [1.82, 2.24) is 5.32 Å². The molecule has 1 aromatic rings. The molecule has 21 heavy (non-hydrogen) atoms. The molecule has 112 valence electrons. The number of carboxylic acids is 1. The number of hydrogen-bond acceptors (Lipinski definition) is 3. The first-order chi connectivity index (χ1) is 10.0. The van der Waals surface area contributed by atoms with Crippen LogP contribution in [0.1, 0.15) is 42.1 Å². The lowest BCUT2D eigenvalue weighted by Gasteiger charge is -2.27. The number of anilines is 1. The number of hydrogen-bond donors (Lipinski definition) is 3. The van der Waals surface area contributed by atoms with Crippen molar-refractivity contribution in [3.63, 3.8) is 0 Å². The molecule has 0 aromatic heterocycles. The molecule has 1 fully saturated rings. The summed E-state index contributed by atoms with van der Waals surface area (Å²) in [7, 11) is 0. The number of fused-ring (bicyclic) bond motifs is 1. The molecule has 3 N–H and O–H groups in total. The van der Waals surface area contributed by atoms with Gasteiger partial charge in [0, 0.05) is 23.8 Å². The van der Waals surface area contributed by atoms with Crippen LogP contribution in [0, 0.1) is 5.41 Å². The van der Waals surface area contributed by atoms with E-state index in [1.54, 1.807) is 13.0 Å². The molecule has 3 rings (SSSR count). The Morgan fingerprint density at radius 1 is 1.43 bits per heavy atom. The summed E-state index contributed by atoms with van der Waals surface area (Å²) in [6, 6.07) is 5.31. The minimum absolute atomic E-state index is 0.177. The fourth-order valence-electron chi connectivity index (χ4n) is 3.34. The number of rotatable bonds is 3. The van der Waals surface area contributed by atoms with Gasteiger partial charge in [0.2, 0.25) is 0 Å². The minimum Gasteiger partial charge on any atom is -0.481 e. The van der Waals surface area contributed by atoms with E-state index < -0.39 is 11.4 Å². The first-order valence-corrected chi connectivity index (χ1v) is 7.42. The van der Waals surface area contributed by atoms with Crippen molar-refractivity contribution in [3.8, 4) is 0 Å². The van der Waals surface area contributed by atoms with Crippen LogP contribution in [0.25, 0.3) is 0 Å². The summed E-state index contributed by atoms with van der Waals surface area (Å²) < 4.78 is 0. The van der Waals surface area contributed by atoms with E-state index in [0.717, 1.165) is 37.1 Å². The number of carboxylic acid groups (broad SMARTS) is 1. The Balaban J connectivity index is 1.76. The second kappa shape index (κ2) is 5.06. The van der Waals surface area contributed by atoms with Gasteiger partial charge in [-0.15, -0.1) is 0 Å². The number of carbonyl (C=O) groups is 2.